The number of carbonyl (C=O) groups excluding carboxylic acids is 1. The summed E-state index contributed by atoms with van der Waals surface area (Å²) in [5, 5.41) is 12.1. The predicted molar refractivity (Wildman–Crippen MR) is 143 cm³/mol. The summed E-state index contributed by atoms with van der Waals surface area (Å²) in [6, 6.07) is 26.1. The monoisotopic (exact) mass is 496 g/mol. The predicted octanol–water partition coefficient (Wildman–Crippen LogP) is 5.46. The van der Waals surface area contributed by atoms with Crippen molar-refractivity contribution in [3.63, 3.8) is 0 Å². The molecule has 5 aromatic rings. The van der Waals surface area contributed by atoms with E-state index in [9.17, 15) is 4.79 Å². The first-order valence-corrected chi connectivity index (χ1v) is 13.0. The lowest BCUT2D eigenvalue weighted by Crippen LogP contribution is -2.32. The van der Waals surface area contributed by atoms with Gasteiger partial charge in [0.2, 0.25) is 5.91 Å². The van der Waals surface area contributed by atoms with Gasteiger partial charge in [0.1, 0.15) is 12.2 Å². The third-order valence-electron chi connectivity index (χ3n) is 6.04. The molecule has 0 spiro atoms. The van der Waals surface area contributed by atoms with Crippen LogP contribution in [0.5, 0.6) is 0 Å². The van der Waals surface area contributed by atoms with Crippen molar-refractivity contribution in [3.05, 3.63) is 102 Å². The van der Waals surface area contributed by atoms with Crippen LogP contribution in [0.2, 0.25) is 0 Å². The van der Waals surface area contributed by atoms with Gasteiger partial charge in [0.25, 0.3) is 0 Å². The minimum absolute atomic E-state index is 0.0916. The summed E-state index contributed by atoms with van der Waals surface area (Å²) >= 11 is 1.36. The molecule has 3 aromatic carbocycles. The van der Waals surface area contributed by atoms with E-state index in [-0.39, 0.29) is 17.7 Å². The number of nitrogens with one attached hydrogen (secondary N) is 2. The molecule has 0 saturated carbocycles. The number of para-hydroxylation sites is 2. The second-order valence-electron chi connectivity index (χ2n) is 8.97. The number of H-pyrrole nitrogens is 1. The van der Waals surface area contributed by atoms with Crippen LogP contribution in [0, 0.1) is 0 Å². The third kappa shape index (κ3) is 5.49. The van der Waals surface area contributed by atoms with Gasteiger partial charge in [0.15, 0.2) is 5.16 Å². The molecule has 36 heavy (non-hydrogen) atoms. The quantitative estimate of drug-likeness (QED) is 0.265. The third-order valence-corrected chi connectivity index (χ3v) is 6.99. The average Bonchev–Trinajstić information content (AvgIpc) is 3.55. The van der Waals surface area contributed by atoms with Gasteiger partial charge in [0.05, 0.1) is 22.8 Å². The normalized spacial score (nSPS) is 12.2. The highest BCUT2D eigenvalue weighted by Gasteiger charge is 2.20. The van der Waals surface area contributed by atoms with E-state index in [0.29, 0.717) is 17.5 Å². The number of amides is 1. The number of benzene rings is 3. The summed E-state index contributed by atoms with van der Waals surface area (Å²) in [5.74, 6) is 1.33. The van der Waals surface area contributed by atoms with Crippen molar-refractivity contribution in [2.45, 2.75) is 37.4 Å². The fraction of sp³-hybridized carbons (Fsp3) is 0.214. The van der Waals surface area contributed by atoms with Crippen LogP contribution in [0.4, 0.5) is 0 Å². The van der Waals surface area contributed by atoms with E-state index in [4.69, 9.17) is 4.98 Å². The number of carbonyl (C=O) groups is 1. The SMILES string of the molecule is CC(C)c1ccc(-n2cnnc2SCC(=O)NC(Cc2ccccc2)c2nc3ccccc3[nH]2)cc1. The number of hydrogen-bond donors (Lipinski definition) is 2. The largest absolute Gasteiger partial charge is 0.345 e. The molecule has 1 amide bonds. The van der Waals surface area contributed by atoms with Crippen molar-refractivity contribution in [2.24, 2.45) is 0 Å². The van der Waals surface area contributed by atoms with E-state index in [2.05, 4.69) is 70.7 Å². The number of aromatic amines is 1. The highest BCUT2D eigenvalue weighted by Crippen LogP contribution is 2.23. The summed E-state index contributed by atoms with van der Waals surface area (Å²) in [7, 11) is 0. The van der Waals surface area contributed by atoms with E-state index in [0.717, 1.165) is 28.1 Å². The molecule has 7 nitrogen and oxygen atoms in total. The standard InChI is InChI=1S/C28H28N6OS/c1-19(2)21-12-14-22(15-13-21)34-18-29-33-28(34)36-17-26(35)30-25(16-20-8-4-3-5-9-20)27-31-23-10-6-7-11-24(23)32-27/h3-15,18-19,25H,16-17H2,1-2H3,(H,30,35)(H,31,32). The maximum absolute atomic E-state index is 13.1. The number of thioether (sulfide) groups is 1. The lowest BCUT2D eigenvalue weighted by atomic mass is 10.0. The fourth-order valence-electron chi connectivity index (χ4n) is 4.09. The van der Waals surface area contributed by atoms with E-state index in [1.807, 2.05) is 47.0 Å². The van der Waals surface area contributed by atoms with Gasteiger partial charge in [0, 0.05) is 5.69 Å². The number of aromatic nitrogens is 5. The Morgan fingerprint density at radius 3 is 2.50 bits per heavy atom. The Kier molecular flexibility index (Phi) is 7.13. The molecule has 0 saturated heterocycles. The van der Waals surface area contributed by atoms with Crippen molar-refractivity contribution < 1.29 is 4.79 Å². The van der Waals surface area contributed by atoms with Crippen LogP contribution in [0.3, 0.4) is 0 Å². The Hall–Kier alpha value is -3.91. The van der Waals surface area contributed by atoms with Crippen LogP contribution in [-0.4, -0.2) is 36.4 Å². The van der Waals surface area contributed by atoms with Gasteiger partial charge in [-0.1, -0.05) is 80.2 Å². The Bertz CT molecular complexity index is 1410. The van der Waals surface area contributed by atoms with Crippen molar-refractivity contribution in [1.29, 1.82) is 0 Å². The molecule has 8 heteroatoms. The van der Waals surface area contributed by atoms with Gasteiger partial charge in [-0.2, -0.15) is 0 Å². The first kappa shape index (κ1) is 23.8. The zero-order valence-corrected chi connectivity index (χ0v) is 21.1. The first-order valence-electron chi connectivity index (χ1n) is 12.0. The molecule has 0 fully saturated rings. The summed E-state index contributed by atoms with van der Waals surface area (Å²) in [6.45, 7) is 4.34. The molecule has 0 aliphatic heterocycles. The van der Waals surface area contributed by atoms with Crippen molar-refractivity contribution >= 4 is 28.7 Å². The smallest absolute Gasteiger partial charge is 0.231 e. The molecule has 0 bridgehead atoms. The van der Waals surface area contributed by atoms with Crippen LogP contribution in [0.15, 0.2) is 90.3 Å². The molecule has 1 unspecified atom stereocenters. The number of hydrogen-bond acceptors (Lipinski definition) is 5. The Balaban J connectivity index is 1.30. The van der Waals surface area contributed by atoms with Crippen LogP contribution in [0.25, 0.3) is 16.7 Å². The van der Waals surface area contributed by atoms with Crippen LogP contribution in [-0.2, 0) is 11.2 Å². The zero-order chi connectivity index (χ0) is 24.9. The molecule has 182 valence electrons. The molecule has 5 rings (SSSR count). The van der Waals surface area contributed by atoms with Crippen molar-refractivity contribution in [2.75, 3.05) is 5.75 Å². The van der Waals surface area contributed by atoms with Gasteiger partial charge in [-0.3, -0.25) is 9.36 Å². The summed E-state index contributed by atoms with van der Waals surface area (Å²) in [6.07, 6.45) is 2.31. The molecule has 0 aliphatic rings. The fourth-order valence-corrected chi connectivity index (χ4v) is 4.83. The molecule has 0 radical (unpaired) electrons. The minimum atomic E-state index is -0.283. The van der Waals surface area contributed by atoms with E-state index in [1.165, 1.54) is 17.3 Å². The summed E-state index contributed by atoms with van der Waals surface area (Å²) < 4.78 is 1.91. The molecular formula is C28H28N6OS. The van der Waals surface area contributed by atoms with Crippen molar-refractivity contribution in [3.8, 4) is 5.69 Å². The second kappa shape index (κ2) is 10.8. The van der Waals surface area contributed by atoms with Gasteiger partial charge in [-0.05, 0) is 47.7 Å². The number of rotatable bonds is 9. The molecule has 2 N–H and O–H groups in total. The Morgan fingerprint density at radius 1 is 1.00 bits per heavy atom. The molecule has 2 heterocycles. The first-order chi connectivity index (χ1) is 17.6. The minimum Gasteiger partial charge on any atom is -0.345 e. The molecule has 2 aromatic heterocycles. The topological polar surface area (TPSA) is 88.5 Å². The molecular weight excluding hydrogens is 468 g/mol. The molecule has 1 atom stereocenters. The van der Waals surface area contributed by atoms with Gasteiger partial charge in [-0.15, -0.1) is 10.2 Å². The maximum Gasteiger partial charge on any atom is 0.231 e. The number of nitrogens with zero attached hydrogens (tertiary/aromatic N) is 4. The Labute approximate surface area is 214 Å². The average molecular weight is 497 g/mol. The lowest BCUT2D eigenvalue weighted by molar-refractivity contribution is -0.119. The van der Waals surface area contributed by atoms with E-state index in [1.54, 1.807) is 6.33 Å². The maximum atomic E-state index is 13.1. The van der Waals surface area contributed by atoms with Gasteiger partial charge < -0.3 is 10.3 Å². The molecule has 0 aliphatic carbocycles. The Morgan fingerprint density at radius 2 is 1.75 bits per heavy atom. The number of fused-ring (bicyclic) bond motifs is 1. The van der Waals surface area contributed by atoms with E-state index < -0.39 is 0 Å². The summed E-state index contributed by atoms with van der Waals surface area (Å²) in [5.41, 5.74) is 5.20. The zero-order valence-electron chi connectivity index (χ0n) is 20.3. The highest BCUT2D eigenvalue weighted by molar-refractivity contribution is 7.99. The van der Waals surface area contributed by atoms with E-state index >= 15 is 0 Å². The number of imidazole rings is 1. The highest BCUT2D eigenvalue weighted by atomic mass is 32.2. The van der Waals surface area contributed by atoms with Crippen LogP contribution < -0.4 is 5.32 Å². The van der Waals surface area contributed by atoms with Crippen LogP contribution >= 0.6 is 11.8 Å². The second-order valence-corrected chi connectivity index (χ2v) is 9.91. The lowest BCUT2D eigenvalue weighted by Gasteiger charge is -2.17. The van der Waals surface area contributed by atoms with Gasteiger partial charge in [-0.25, -0.2) is 4.98 Å². The van der Waals surface area contributed by atoms with Crippen LogP contribution in [0.1, 0.15) is 42.8 Å². The summed E-state index contributed by atoms with van der Waals surface area (Å²) in [4.78, 5) is 21.2. The van der Waals surface area contributed by atoms with Gasteiger partial charge >= 0.3 is 0 Å². The van der Waals surface area contributed by atoms with Crippen molar-refractivity contribution in [1.82, 2.24) is 30.0 Å².